The Kier molecular flexibility index (Phi) is 2.70. The topological polar surface area (TPSA) is 54.0 Å². The molecule has 2 heterocycles. The number of rotatable bonds is 2. The number of hydrogen-bond acceptors (Lipinski definition) is 5. The van der Waals surface area contributed by atoms with Crippen molar-refractivity contribution in [2.45, 2.75) is 51.5 Å². The average Bonchev–Trinajstić information content (AvgIpc) is 2.53. The molecular formula is C10H16O5. The van der Waals surface area contributed by atoms with Crippen LogP contribution in [-0.2, 0) is 23.7 Å². The van der Waals surface area contributed by atoms with E-state index >= 15 is 0 Å². The Morgan fingerprint density at radius 3 is 2.80 bits per heavy atom. The zero-order chi connectivity index (χ0) is 11.1. The monoisotopic (exact) mass is 216 g/mol. The van der Waals surface area contributed by atoms with Crippen LogP contribution in [-0.4, -0.2) is 36.9 Å². The highest BCUT2D eigenvalue weighted by molar-refractivity contribution is 5.65. The van der Waals surface area contributed by atoms with Gasteiger partial charge in [0.25, 0.3) is 0 Å². The van der Waals surface area contributed by atoms with Gasteiger partial charge in [0.2, 0.25) is 0 Å². The largest absolute Gasteiger partial charge is 0.463 e. The molecule has 15 heavy (non-hydrogen) atoms. The van der Waals surface area contributed by atoms with E-state index in [1.807, 2.05) is 13.8 Å². The van der Waals surface area contributed by atoms with Crippen LogP contribution in [0.15, 0.2) is 0 Å². The Balaban J connectivity index is 1.81. The lowest BCUT2D eigenvalue weighted by molar-refractivity contribution is -0.209. The fourth-order valence-corrected chi connectivity index (χ4v) is 1.90. The minimum Gasteiger partial charge on any atom is -0.463 e. The molecule has 2 aliphatic rings. The number of hydrogen-bond donors (Lipinski definition) is 0. The summed E-state index contributed by atoms with van der Waals surface area (Å²) in [5.74, 6) is -0.861. The van der Waals surface area contributed by atoms with Crippen molar-refractivity contribution in [2.24, 2.45) is 0 Å². The molecule has 3 atom stereocenters. The molecule has 0 radical (unpaired) electrons. The average molecular weight is 216 g/mol. The van der Waals surface area contributed by atoms with Crippen molar-refractivity contribution < 1.29 is 23.7 Å². The minimum atomic E-state index is -0.568. The number of ether oxygens (including phenoxy) is 4. The maximum atomic E-state index is 10.6. The molecule has 2 fully saturated rings. The van der Waals surface area contributed by atoms with Crippen molar-refractivity contribution in [2.75, 3.05) is 6.61 Å². The third-order valence-corrected chi connectivity index (χ3v) is 2.43. The molecule has 2 aliphatic heterocycles. The van der Waals surface area contributed by atoms with Crippen LogP contribution in [0.5, 0.6) is 0 Å². The number of carbonyl (C=O) groups is 1. The summed E-state index contributed by atoms with van der Waals surface area (Å²) in [5, 5.41) is 0. The molecule has 0 spiro atoms. The summed E-state index contributed by atoms with van der Waals surface area (Å²) in [5.41, 5.74) is 0. The predicted molar refractivity (Wildman–Crippen MR) is 49.9 cm³/mol. The van der Waals surface area contributed by atoms with E-state index in [9.17, 15) is 4.79 Å². The third-order valence-electron chi connectivity index (χ3n) is 2.43. The van der Waals surface area contributed by atoms with Crippen molar-refractivity contribution in [1.29, 1.82) is 0 Å². The molecular weight excluding hydrogens is 200 g/mol. The van der Waals surface area contributed by atoms with Gasteiger partial charge in [-0.15, -0.1) is 0 Å². The van der Waals surface area contributed by atoms with Crippen LogP contribution in [0.3, 0.4) is 0 Å². The van der Waals surface area contributed by atoms with Crippen molar-refractivity contribution in [3.63, 3.8) is 0 Å². The highest BCUT2D eigenvalue weighted by Gasteiger charge is 2.48. The Bertz CT molecular complexity index is 247. The molecule has 2 saturated heterocycles. The Hall–Kier alpha value is -0.650. The van der Waals surface area contributed by atoms with Crippen LogP contribution >= 0.6 is 0 Å². The number of carbonyl (C=O) groups excluding carboxylic acids is 1. The minimum absolute atomic E-state index is 0.0411. The van der Waals surface area contributed by atoms with Gasteiger partial charge in [0, 0.05) is 13.3 Å². The van der Waals surface area contributed by atoms with Crippen LogP contribution in [0.25, 0.3) is 0 Å². The van der Waals surface area contributed by atoms with Crippen LogP contribution in [0.4, 0.5) is 0 Å². The lowest BCUT2D eigenvalue weighted by Gasteiger charge is -2.20. The summed E-state index contributed by atoms with van der Waals surface area (Å²) >= 11 is 0. The first-order valence-electron chi connectivity index (χ1n) is 5.11. The smallest absolute Gasteiger partial charge is 0.302 e. The lowest BCUT2D eigenvalue weighted by atomic mass is 10.2. The summed E-state index contributed by atoms with van der Waals surface area (Å²) in [6.07, 6.45) is 0.239. The van der Waals surface area contributed by atoms with E-state index in [1.54, 1.807) is 0 Å². The van der Waals surface area contributed by atoms with E-state index in [0.717, 1.165) is 0 Å². The van der Waals surface area contributed by atoms with Crippen LogP contribution < -0.4 is 0 Å². The van der Waals surface area contributed by atoms with Gasteiger partial charge >= 0.3 is 5.97 Å². The van der Waals surface area contributed by atoms with E-state index in [4.69, 9.17) is 18.9 Å². The summed E-state index contributed by atoms with van der Waals surface area (Å²) in [6.45, 7) is 5.37. The molecule has 0 bridgehead atoms. The molecule has 5 heteroatoms. The van der Waals surface area contributed by atoms with Gasteiger partial charge in [-0.3, -0.25) is 4.79 Å². The Morgan fingerprint density at radius 2 is 2.20 bits per heavy atom. The first-order valence-corrected chi connectivity index (χ1v) is 5.11. The summed E-state index contributed by atoms with van der Waals surface area (Å²) in [7, 11) is 0. The lowest BCUT2D eigenvalue weighted by Crippen LogP contribution is -2.26. The molecule has 0 aromatic carbocycles. The van der Waals surface area contributed by atoms with E-state index in [0.29, 0.717) is 6.42 Å². The first-order chi connectivity index (χ1) is 6.96. The summed E-state index contributed by atoms with van der Waals surface area (Å²) in [4.78, 5) is 10.6. The van der Waals surface area contributed by atoms with Crippen molar-refractivity contribution >= 4 is 5.97 Å². The highest BCUT2D eigenvalue weighted by Crippen LogP contribution is 2.36. The van der Waals surface area contributed by atoms with Gasteiger partial charge in [-0.2, -0.15) is 0 Å². The summed E-state index contributed by atoms with van der Waals surface area (Å²) in [6, 6.07) is 0. The van der Waals surface area contributed by atoms with E-state index < -0.39 is 5.79 Å². The number of fused-ring (bicyclic) bond motifs is 1. The number of esters is 1. The van der Waals surface area contributed by atoms with Crippen molar-refractivity contribution in [3.8, 4) is 0 Å². The molecule has 2 unspecified atom stereocenters. The van der Waals surface area contributed by atoms with Gasteiger partial charge in [0.15, 0.2) is 12.1 Å². The SMILES string of the molecule is CC(=O)OC[C@@H]1CC2OC(C)(C)OC2O1. The van der Waals surface area contributed by atoms with Crippen LogP contribution in [0.1, 0.15) is 27.2 Å². The zero-order valence-electron chi connectivity index (χ0n) is 9.19. The van der Waals surface area contributed by atoms with Gasteiger partial charge in [-0.05, 0) is 13.8 Å². The standard InChI is InChI=1S/C10H16O5/c1-6(11)12-5-7-4-8-9(13-7)15-10(2,3)14-8/h7-9H,4-5H2,1-3H3/t7-,8?,9?/m0/s1. The second-order valence-electron chi connectivity index (χ2n) is 4.34. The molecule has 0 amide bonds. The molecule has 2 rings (SSSR count). The fraction of sp³-hybridized carbons (Fsp3) is 0.900. The molecule has 0 aromatic rings. The van der Waals surface area contributed by atoms with Gasteiger partial charge in [0.05, 0.1) is 6.10 Å². The van der Waals surface area contributed by atoms with Crippen molar-refractivity contribution in [3.05, 3.63) is 0 Å². The molecule has 0 saturated carbocycles. The van der Waals surface area contributed by atoms with Crippen molar-refractivity contribution in [1.82, 2.24) is 0 Å². The second kappa shape index (κ2) is 3.73. The molecule has 0 aromatic heterocycles. The highest BCUT2D eigenvalue weighted by atomic mass is 16.8. The van der Waals surface area contributed by atoms with E-state index in [2.05, 4.69) is 0 Å². The Morgan fingerprint density at radius 1 is 1.47 bits per heavy atom. The van der Waals surface area contributed by atoms with Gasteiger partial charge in [-0.1, -0.05) is 0 Å². The molecule has 0 N–H and O–H groups in total. The second-order valence-corrected chi connectivity index (χ2v) is 4.34. The zero-order valence-corrected chi connectivity index (χ0v) is 9.19. The quantitative estimate of drug-likeness (QED) is 0.639. The molecule has 86 valence electrons. The maximum absolute atomic E-state index is 10.6. The van der Waals surface area contributed by atoms with E-state index in [-0.39, 0.29) is 31.1 Å². The first kappa shape index (κ1) is 10.9. The molecule has 0 aliphatic carbocycles. The maximum Gasteiger partial charge on any atom is 0.302 e. The third kappa shape index (κ3) is 2.48. The predicted octanol–water partition coefficient (Wildman–Crippen LogP) is 0.816. The van der Waals surface area contributed by atoms with Gasteiger partial charge < -0.3 is 18.9 Å². The van der Waals surface area contributed by atoms with E-state index in [1.165, 1.54) is 6.92 Å². The van der Waals surface area contributed by atoms with Gasteiger partial charge in [-0.25, -0.2) is 0 Å². The molecule has 5 nitrogen and oxygen atoms in total. The Labute approximate surface area is 88.6 Å². The van der Waals surface area contributed by atoms with Gasteiger partial charge in [0.1, 0.15) is 12.7 Å². The fourth-order valence-electron chi connectivity index (χ4n) is 1.90. The summed E-state index contributed by atoms with van der Waals surface area (Å²) < 4.78 is 21.6. The van der Waals surface area contributed by atoms with Crippen LogP contribution in [0.2, 0.25) is 0 Å². The van der Waals surface area contributed by atoms with Crippen LogP contribution in [0, 0.1) is 0 Å². The normalized spacial score (nSPS) is 37.7.